The molecule has 0 fully saturated rings. The molecule has 0 radical (unpaired) electrons. The van der Waals surface area contributed by atoms with Crippen molar-refractivity contribution in [3.8, 4) is 33.4 Å². The van der Waals surface area contributed by atoms with E-state index in [0.29, 0.717) is 0 Å². The van der Waals surface area contributed by atoms with Crippen molar-refractivity contribution >= 4 is 102 Å². The molecule has 0 atom stereocenters. The largest absolute Gasteiger partial charge is 0.310 e. The lowest BCUT2D eigenvalue weighted by Crippen LogP contribution is -2.10. The van der Waals surface area contributed by atoms with Crippen molar-refractivity contribution in [2.45, 2.75) is 0 Å². The molecule has 0 N–H and O–H groups in total. The maximum absolute atomic E-state index is 2.47. The summed E-state index contributed by atoms with van der Waals surface area (Å²) in [6, 6.07) is 78.2. The van der Waals surface area contributed by atoms with E-state index in [1.165, 1.54) is 101 Å². The van der Waals surface area contributed by atoms with E-state index in [2.05, 4.69) is 217 Å². The molecule has 59 heavy (non-hydrogen) atoms. The summed E-state index contributed by atoms with van der Waals surface area (Å²) in [5.41, 5.74) is 10.7. The zero-order valence-electron chi connectivity index (χ0n) is 32.0. The maximum Gasteiger partial charge on any atom is 0.0554 e. The number of benzene rings is 10. The van der Waals surface area contributed by atoms with Crippen LogP contribution in [0.3, 0.4) is 0 Å². The summed E-state index contributed by atoms with van der Waals surface area (Å²) in [7, 11) is 0. The summed E-state index contributed by atoms with van der Waals surface area (Å²) in [6.45, 7) is 0. The van der Waals surface area contributed by atoms with Crippen LogP contribution in [0.5, 0.6) is 0 Å². The van der Waals surface area contributed by atoms with E-state index in [0.717, 1.165) is 11.4 Å². The van der Waals surface area contributed by atoms with Gasteiger partial charge in [-0.2, -0.15) is 0 Å². The lowest BCUT2D eigenvalue weighted by Gasteiger charge is -2.28. The Kier molecular flexibility index (Phi) is 7.97. The smallest absolute Gasteiger partial charge is 0.0554 e. The lowest BCUT2D eigenvalue weighted by atomic mass is 9.92. The first-order valence-electron chi connectivity index (χ1n) is 20.1. The first kappa shape index (κ1) is 34.0. The predicted molar refractivity (Wildman–Crippen MR) is 258 cm³/mol. The van der Waals surface area contributed by atoms with Gasteiger partial charge in [-0.1, -0.05) is 158 Å². The highest BCUT2D eigenvalue weighted by atomic mass is 32.1. The predicted octanol–water partition coefficient (Wildman–Crippen LogP) is 17.2. The van der Waals surface area contributed by atoms with Gasteiger partial charge in [0.1, 0.15) is 0 Å². The number of hydrogen-bond acceptors (Lipinski definition) is 3. The second-order valence-corrected chi connectivity index (χ2v) is 17.3. The first-order chi connectivity index (χ1) is 29.3. The SMILES string of the molecule is c1ccc(-c2cc(N(c3ccc(-c4cc5ccccc5c5ccccc45)cc3)c3cccc4sc5ccccc5c34)ccc2-c2cccc3c2sc2ccccc23)cc1. The Balaban J connectivity index is 1.09. The summed E-state index contributed by atoms with van der Waals surface area (Å²) in [4.78, 5) is 2.47. The number of hydrogen-bond donors (Lipinski definition) is 0. The van der Waals surface area contributed by atoms with Crippen molar-refractivity contribution < 1.29 is 0 Å². The van der Waals surface area contributed by atoms with Gasteiger partial charge in [-0.05, 0) is 104 Å². The Bertz CT molecular complexity index is 3560. The van der Waals surface area contributed by atoms with Crippen molar-refractivity contribution in [2.24, 2.45) is 0 Å². The minimum absolute atomic E-state index is 1.11. The number of nitrogens with zero attached hydrogens (tertiary/aromatic N) is 1. The van der Waals surface area contributed by atoms with Gasteiger partial charge in [-0.3, -0.25) is 0 Å². The molecule has 0 unspecified atom stereocenters. The molecule has 0 bridgehead atoms. The molecule has 0 saturated carbocycles. The molecule has 0 saturated heterocycles. The van der Waals surface area contributed by atoms with Gasteiger partial charge in [0.25, 0.3) is 0 Å². The summed E-state index contributed by atoms with van der Waals surface area (Å²) < 4.78 is 5.21. The highest BCUT2D eigenvalue weighted by Gasteiger charge is 2.22. The number of thiophene rings is 2. The van der Waals surface area contributed by atoms with Gasteiger partial charge in [-0.15, -0.1) is 22.7 Å². The van der Waals surface area contributed by atoms with E-state index in [-0.39, 0.29) is 0 Å². The molecule has 0 amide bonds. The van der Waals surface area contributed by atoms with Crippen LogP contribution in [0.2, 0.25) is 0 Å². The molecular weight excluding hydrogens is 751 g/mol. The van der Waals surface area contributed by atoms with Crippen molar-refractivity contribution in [3.05, 3.63) is 212 Å². The fourth-order valence-electron chi connectivity index (χ4n) is 9.17. The van der Waals surface area contributed by atoms with Crippen LogP contribution in [0.4, 0.5) is 17.1 Å². The molecule has 3 heteroatoms. The van der Waals surface area contributed by atoms with Crippen LogP contribution in [0, 0.1) is 0 Å². The maximum atomic E-state index is 2.47. The zero-order chi connectivity index (χ0) is 38.9. The highest BCUT2D eigenvalue weighted by molar-refractivity contribution is 7.26. The minimum Gasteiger partial charge on any atom is -0.310 e. The summed E-state index contributed by atoms with van der Waals surface area (Å²) in [5.74, 6) is 0. The van der Waals surface area contributed by atoms with Crippen LogP contribution in [-0.2, 0) is 0 Å². The average Bonchev–Trinajstić information content (AvgIpc) is 3.89. The molecular formula is C56H35NS2. The van der Waals surface area contributed by atoms with Crippen LogP contribution in [0.15, 0.2) is 212 Å². The van der Waals surface area contributed by atoms with Crippen molar-refractivity contribution in [1.82, 2.24) is 0 Å². The normalized spacial score (nSPS) is 11.7. The Hall–Kier alpha value is -7.04. The first-order valence-corrected chi connectivity index (χ1v) is 21.7. The number of fused-ring (bicyclic) bond motifs is 9. The monoisotopic (exact) mass is 785 g/mol. The molecule has 2 aromatic heterocycles. The fourth-order valence-corrected chi connectivity index (χ4v) is 11.5. The standard InChI is InChI=1S/C56H35NS2/c1-2-14-36(15-3-1)50-35-40(32-33-44(50)46-22-12-23-47-45-20-8-10-25-52(45)59-56(46)47)57(51-24-13-27-54-55(51)48-21-9-11-26-53(48)58-54)39-30-28-37(29-31-39)49-34-38-16-4-5-17-41(38)42-18-6-7-19-43(42)49/h1-35H. The third kappa shape index (κ3) is 5.58. The third-order valence-corrected chi connectivity index (χ3v) is 14.2. The Morgan fingerprint density at radius 1 is 0.305 bits per heavy atom. The average molecular weight is 786 g/mol. The second kappa shape index (κ2) is 13.8. The molecule has 276 valence electrons. The van der Waals surface area contributed by atoms with Gasteiger partial charge in [0.2, 0.25) is 0 Å². The number of rotatable bonds is 6. The van der Waals surface area contributed by atoms with Gasteiger partial charge in [-0.25, -0.2) is 0 Å². The Labute approximate surface area is 350 Å². The molecule has 0 spiro atoms. The van der Waals surface area contributed by atoms with E-state index < -0.39 is 0 Å². The second-order valence-electron chi connectivity index (χ2n) is 15.2. The van der Waals surface area contributed by atoms with Crippen LogP contribution >= 0.6 is 22.7 Å². The molecule has 0 aliphatic rings. The molecule has 10 aromatic carbocycles. The van der Waals surface area contributed by atoms with Crippen molar-refractivity contribution in [3.63, 3.8) is 0 Å². The van der Waals surface area contributed by atoms with E-state index in [4.69, 9.17) is 0 Å². The summed E-state index contributed by atoms with van der Waals surface area (Å²) >= 11 is 3.75. The molecule has 0 aliphatic carbocycles. The minimum atomic E-state index is 1.11. The van der Waals surface area contributed by atoms with Crippen molar-refractivity contribution in [2.75, 3.05) is 4.90 Å². The van der Waals surface area contributed by atoms with Gasteiger partial charge in [0.15, 0.2) is 0 Å². The van der Waals surface area contributed by atoms with E-state index in [1.807, 2.05) is 22.7 Å². The summed E-state index contributed by atoms with van der Waals surface area (Å²) in [6.07, 6.45) is 0. The quantitative estimate of drug-likeness (QED) is 0.152. The van der Waals surface area contributed by atoms with E-state index >= 15 is 0 Å². The van der Waals surface area contributed by atoms with Crippen LogP contribution < -0.4 is 4.90 Å². The molecule has 12 rings (SSSR count). The van der Waals surface area contributed by atoms with Crippen LogP contribution in [-0.4, -0.2) is 0 Å². The van der Waals surface area contributed by atoms with Crippen molar-refractivity contribution in [1.29, 1.82) is 0 Å². The van der Waals surface area contributed by atoms with Gasteiger partial charge in [0.05, 0.1) is 5.69 Å². The molecule has 2 heterocycles. The van der Waals surface area contributed by atoms with Crippen LogP contribution in [0.25, 0.3) is 95.3 Å². The van der Waals surface area contributed by atoms with Crippen LogP contribution in [0.1, 0.15) is 0 Å². The Morgan fingerprint density at radius 3 is 1.75 bits per heavy atom. The highest BCUT2D eigenvalue weighted by Crippen LogP contribution is 2.48. The topological polar surface area (TPSA) is 3.24 Å². The zero-order valence-corrected chi connectivity index (χ0v) is 33.6. The van der Waals surface area contributed by atoms with Gasteiger partial charge >= 0.3 is 0 Å². The molecule has 12 aromatic rings. The fraction of sp³-hybridized carbons (Fsp3) is 0. The van der Waals surface area contributed by atoms with E-state index in [9.17, 15) is 0 Å². The molecule has 1 nitrogen and oxygen atoms in total. The van der Waals surface area contributed by atoms with Gasteiger partial charge < -0.3 is 4.90 Å². The lowest BCUT2D eigenvalue weighted by molar-refractivity contribution is 1.30. The van der Waals surface area contributed by atoms with E-state index in [1.54, 1.807) is 0 Å². The number of anilines is 3. The molecule has 0 aliphatic heterocycles. The Morgan fingerprint density at radius 2 is 0.915 bits per heavy atom. The van der Waals surface area contributed by atoms with Gasteiger partial charge in [0, 0.05) is 57.3 Å². The summed E-state index contributed by atoms with van der Waals surface area (Å²) in [5, 5.41) is 10.3. The third-order valence-electron chi connectivity index (χ3n) is 11.9.